The summed E-state index contributed by atoms with van der Waals surface area (Å²) in [5.41, 5.74) is 0. The average molecular weight is 174 g/mol. The Morgan fingerprint density at radius 1 is 1.17 bits per heavy atom. The van der Waals surface area contributed by atoms with Crippen molar-refractivity contribution in [1.29, 1.82) is 0 Å². The Morgan fingerprint density at radius 2 is 1.67 bits per heavy atom. The Labute approximate surface area is 70.8 Å². The second-order valence-electron chi connectivity index (χ2n) is 3.36. The molecule has 70 valence electrons. The second-order valence-corrected chi connectivity index (χ2v) is 3.36. The van der Waals surface area contributed by atoms with Crippen molar-refractivity contribution in [3.05, 3.63) is 0 Å². The third kappa shape index (κ3) is 2.19. The molecule has 0 aromatic carbocycles. The van der Waals surface area contributed by atoms with Gasteiger partial charge in [0.15, 0.2) is 6.29 Å². The average Bonchev–Trinajstić information content (AvgIpc) is 2.04. The van der Waals surface area contributed by atoms with Gasteiger partial charge in [0, 0.05) is 5.92 Å². The van der Waals surface area contributed by atoms with Gasteiger partial charge in [-0.25, -0.2) is 0 Å². The second kappa shape index (κ2) is 3.87. The van der Waals surface area contributed by atoms with E-state index in [4.69, 9.17) is 15.3 Å². The summed E-state index contributed by atoms with van der Waals surface area (Å²) >= 11 is 0. The van der Waals surface area contributed by atoms with Gasteiger partial charge in [0.2, 0.25) is 0 Å². The fourth-order valence-corrected chi connectivity index (χ4v) is 1.66. The van der Waals surface area contributed by atoms with Crippen LogP contribution < -0.4 is 0 Å². The fourth-order valence-electron chi connectivity index (χ4n) is 1.66. The van der Waals surface area contributed by atoms with Crippen molar-refractivity contribution in [1.82, 2.24) is 0 Å². The molecule has 0 saturated heterocycles. The first-order valence-corrected chi connectivity index (χ1v) is 4.20. The molecule has 0 unspecified atom stereocenters. The van der Waals surface area contributed by atoms with Gasteiger partial charge < -0.3 is 15.3 Å². The molecule has 1 aliphatic rings. The van der Waals surface area contributed by atoms with Crippen LogP contribution in [0.2, 0.25) is 0 Å². The zero-order valence-electron chi connectivity index (χ0n) is 6.81. The lowest BCUT2D eigenvalue weighted by Crippen LogP contribution is -2.28. The smallest absolute Gasteiger partial charge is 0.306 e. The van der Waals surface area contributed by atoms with E-state index in [9.17, 15) is 4.79 Å². The highest BCUT2D eigenvalue weighted by Gasteiger charge is 2.28. The van der Waals surface area contributed by atoms with E-state index in [1.165, 1.54) is 0 Å². The van der Waals surface area contributed by atoms with Crippen LogP contribution in [0.5, 0.6) is 0 Å². The Balaban J connectivity index is 2.34. The molecule has 12 heavy (non-hydrogen) atoms. The van der Waals surface area contributed by atoms with Crippen LogP contribution in [0.15, 0.2) is 0 Å². The highest BCUT2D eigenvalue weighted by molar-refractivity contribution is 5.69. The van der Waals surface area contributed by atoms with Gasteiger partial charge in [-0.3, -0.25) is 4.79 Å². The van der Waals surface area contributed by atoms with Crippen molar-refractivity contribution >= 4 is 5.97 Å². The van der Waals surface area contributed by atoms with Gasteiger partial charge in [0.1, 0.15) is 0 Å². The molecule has 0 aromatic heterocycles. The van der Waals surface area contributed by atoms with E-state index in [0.29, 0.717) is 25.7 Å². The molecule has 0 bridgehead atoms. The van der Waals surface area contributed by atoms with Crippen LogP contribution in [0.25, 0.3) is 0 Å². The summed E-state index contributed by atoms with van der Waals surface area (Å²) in [6, 6.07) is 0. The minimum absolute atomic E-state index is 0.124. The molecule has 0 radical (unpaired) electrons. The van der Waals surface area contributed by atoms with E-state index >= 15 is 0 Å². The first-order chi connectivity index (χ1) is 5.61. The lowest BCUT2D eigenvalue weighted by atomic mass is 9.82. The largest absolute Gasteiger partial charge is 0.481 e. The van der Waals surface area contributed by atoms with Gasteiger partial charge in [0.25, 0.3) is 0 Å². The first kappa shape index (κ1) is 9.48. The summed E-state index contributed by atoms with van der Waals surface area (Å²) in [6.07, 6.45) is 1.07. The predicted molar refractivity (Wildman–Crippen MR) is 41.3 cm³/mol. The SMILES string of the molecule is O=C(O)C1CCC(C(O)O)CC1. The van der Waals surface area contributed by atoms with Gasteiger partial charge in [-0.05, 0) is 25.7 Å². The van der Waals surface area contributed by atoms with Crippen molar-refractivity contribution in [3.63, 3.8) is 0 Å². The number of hydrogen-bond acceptors (Lipinski definition) is 3. The van der Waals surface area contributed by atoms with E-state index in [0.717, 1.165) is 0 Å². The highest BCUT2D eigenvalue weighted by atomic mass is 16.5. The number of carbonyl (C=O) groups is 1. The summed E-state index contributed by atoms with van der Waals surface area (Å²) in [7, 11) is 0. The van der Waals surface area contributed by atoms with E-state index in [-0.39, 0.29) is 11.8 Å². The molecule has 0 spiro atoms. The summed E-state index contributed by atoms with van der Waals surface area (Å²) < 4.78 is 0. The first-order valence-electron chi connectivity index (χ1n) is 4.20. The summed E-state index contributed by atoms with van der Waals surface area (Å²) in [5, 5.41) is 26.3. The maximum Gasteiger partial charge on any atom is 0.306 e. The minimum atomic E-state index is -1.28. The lowest BCUT2D eigenvalue weighted by molar-refractivity contribution is -0.145. The fraction of sp³-hybridized carbons (Fsp3) is 0.875. The molecule has 1 saturated carbocycles. The third-order valence-electron chi connectivity index (χ3n) is 2.54. The summed E-state index contributed by atoms with van der Waals surface area (Å²) in [4.78, 5) is 10.5. The molecule has 0 heterocycles. The van der Waals surface area contributed by atoms with E-state index in [1.807, 2.05) is 0 Å². The highest BCUT2D eigenvalue weighted by Crippen LogP contribution is 2.30. The van der Waals surface area contributed by atoms with Gasteiger partial charge in [0.05, 0.1) is 5.92 Å². The molecule has 0 aliphatic heterocycles. The Bertz CT molecular complexity index is 158. The van der Waals surface area contributed by atoms with Crippen molar-refractivity contribution in [3.8, 4) is 0 Å². The normalized spacial score (nSPS) is 30.6. The number of carboxylic acid groups (broad SMARTS) is 1. The number of aliphatic hydroxyl groups excluding tert-OH is 1. The number of aliphatic carboxylic acids is 1. The van der Waals surface area contributed by atoms with Crippen LogP contribution in [0.4, 0.5) is 0 Å². The molecule has 1 rings (SSSR count). The molecule has 1 fully saturated rings. The lowest BCUT2D eigenvalue weighted by Gasteiger charge is -2.26. The number of carboxylic acids is 1. The molecule has 0 aromatic rings. The molecule has 0 atom stereocenters. The molecule has 4 nitrogen and oxygen atoms in total. The van der Waals surface area contributed by atoms with Crippen molar-refractivity contribution in [2.24, 2.45) is 11.8 Å². The molecule has 0 amide bonds. The van der Waals surface area contributed by atoms with Crippen molar-refractivity contribution < 1.29 is 20.1 Å². The summed E-state index contributed by atoms with van der Waals surface area (Å²) in [6.45, 7) is 0. The van der Waals surface area contributed by atoms with Gasteiger partial charge >= 0.3 is 5.97 Å². The monoisotopic (exact) mass is 174 g/mol. The van der Waals surface area contributed by atoms with E-state index in [2.05, 4.69) is 0 Å². The molecule has 3 N–H and O–H groups in total. The van der Waals surface area contributed by atoms with Crippen LogP contribution in [0, 0.1) is 11.8 Å². The molecule has 4 heteroatoms. The zero-order valence-corrected chi connectivity index (χ0v) is 6.81. The molecule has 1 aliphatic carbocycles. The maximum atomic E-state index is 10.5. The Kier molecular flexibility index (Phi) is 3.05. The maximum absolute atomic E-state index is 10.5. The quantitative estimate of drug-likeness (QED) is 0.522. The number of hydrogen-bond donors (Lipinski definition) is 3. The van der Waals surface area contributed by atoms with Gasteiger partial charge in [-0.1, -0.05) is 0 Å². The van der Waals surface area contributed by atoms with Gasteiger partial charge in [-0.15, -0.1) is 0 Å². The van der Waals surface area contributed by atoms with Crippen LogP contribution in [0.3, 0.4) is 0 Å². The van der Waals surface area contributed by atoms with E-state index in [1.54, 1.807) is 0 Å². The Morgan fingerprint density at radius 3 is 2.00 bits per heavy atom. The number of aliphatic hydroxyl groups is 2. The predicted octanol–water partition coefficient (Wildman–Crippen LogP) is 0.188. The molecular formula is C8H14O4. The van der Waals surface area contributed by atoms with Crippen molar-refractivity contribution in [2.75, 3.05) is 0 Å². The topological polar surface area (TPSA) is 77.8 Å². The zero-order chi connectivity index (χ0) is 9.14. The molecular weight excluding hydrogens is 160 g/mol. The number of rotatable bonds is 2. The summed E-state index contributed by atoms with van der Waals surface area (Å²) in [5.74, 6) is -1.17. The van der Waals surface area contributed by atoms with Crippen LogP contribution in [-0.4, -0.2) is 27.6 Å². The van der Waals surface area contributed by atoms with E-state index < -0.39 is 12.3 Å². The van der Waals surface area contributed by atoms with Gasteiger partial charge in [-0.2, -0.15) is 0 Å². The van der Waals surface area contributed by atoms with Crippen LogP contribution in [0.1, 0.15) is 25.7 Å². The van der Waals surface area contributed by atoms with Crippen molar-refractivity contribution in [2.45, 2.75) is 32.0 Å². The third-order valence-corrected chi connectivity index (χ3v) is 2.54. The Hall–Kier alpha value is -0.610. The van der Waals surface area contributed by atoms with Crippen LogP contribution >= 0.6 is 0 Å². The van der Waals surface area contributed by atoms with Crippen LogP contribution in [-0.2, 0) is 4.79 Å². The minimum Gasteiger partial charge on any atom is -0.481 e. The standard InChI is InChI=1S/C8H14O4/c9-7(10)5-1-2-6(4-3-5)8(11)12/h5-7,9-10H,1-4H2,(H,11,12).